The summed E-state index contributed by atoms with van der Waals surface area (Å²) in [5, 5.41) is 2.92. The number of piperidine rings is 1. The zero-order valence-electron chi connectivity index (χ0n) is 11.6. The van der Waals surface area contributed by atoms with Crippen molar-refractivity contribution in [2.75, 3.05) is 30.4 Å². The summed E-state index contributed by atoms with van der Waals surface area (Å²) in [5.41, 5.74) is 0.580. The number of alkyl halides is 3. The standard InChI is InChI=1S/C13H16F3N5/c1-17-10-8-21-6-4-18-11(21)12(19-10)20-5-2-3-9(7-20)13(14,15)16/h4,6,8-9,17H,2-3,5,7H2,1H3. The van der Waals surface area contributed by atoms with E-state index in [-0.39, 0.29) is 13.0 Å². The Labute approximate surface area is 119 Å². The zero-order valence-corrected chi connectivity index (χ0v) is 11.6. The van der Waals surface area contributed by atoms with Crippen molar-refractivity contribution in [3.8, 4) is 0 Å². The van der Waals surface area contributed by atoms with Crippen molar-refractivity contribution in [2.45, 2.75) is 19.0 Å². The van der Waals surface area contributed by atoms with Crippen molar-refractivity contribution in [1.82, 2.24) is 14.4 Å². The summed E-state index contributed by atoms with van der Waals surface area (Å²) in [4.78, 5) is 10.3. The van der Waals surface area contributed by atoms with Gasteiger partial charge in [0, 0.05) is 32.5 Å². The highest BCUT2D eigenvalue weighted by Gasteiger charge is 2.42. The molecule has 0 radical (unpaired) electrons. The van der Waals surface area contributed by atoms with Crippen molar-refractivity contribution in [3.05, 3.63) is 18.6 Å². The molecule has 3 heterocycles. The van der Waals surface area contributed by atoms with Gasteiger partial charge in [-0.1, -0.05) is 0 Å². The summed E-state index contributed by atoms with van der Waals surface area (Å²) in [6.45, 7) is 0.501. The van der Waals surface area contributed by atoms with Gasteiger partial charge in [-0.25, -0.2) is 9.97 Å². The molecule has 0 amide bonds. The zero-order chi connectivity index (χ0) is 15.0. The molecule has 1 aliphatic rings. The van der Waals surface area contributed by atoms with Gasteiger partial charge in [0.2, 0.25) is 0 Å². The van der Waals surface area contributed by atoms with Gasteiger partial charge in [0.05, 0.1) is 12.1 Å². The summed E-state index contributed by atoms with van der Waals surface area (Å²) in [6.07, 6.45) is 1.65. The Kier molecular flexibility index (Phi) is 3.38. The monoisotopic (exact) mass is 299 g/mol. The first kappa shape index (κ1) is 14.0. The fourth-order valence-electron chi connectivity index (χ4n) is 2.68. The van der Waals surface area contributed by atoms with Gasteiger partial charge in [-0.2, -0.15) is 13.2 Å². The minimum atomic E-state index is -4.16. The number of nitrogens with one attached hydrogen (secondary N) is 1. The van der Waals surface area contributed by atoms with Gasteiger partial charge < -0.3 is 14.6 Å². The number of halogens is 3. The number of fused-ring (bicyclic) bond motifs is 1. The molecule has 8 heteroatoms. The Hall–Kier alpha value is -1.99. The molecule has 21 heavy (non-hydrogen) atoms. The van der Waals surface area contributed by atoms with E-state index in [1.807, 2.05) is 0 Å². The number of imidazole rings is 1. The third kappa shape index (κ3) is 2.62. The number of nitrogens with zero attached hydrogens (tertiary/aromatic N) is 4. The number of hydrogen-bond acceptors (Lipinski definition) is 4. The van der Waals surface area contributed by atoms with Gasteiger partial charge in [-0.3, -0.25) is 0 Å². The van der Waals surface area contributed by atoms with Crippen LogP contribution in [0.5, 0.6) is 0 Å². The van der Waals surface area contributed by atoms with E-state index in [4.69, 9.17) is 0 Å². The van der Waals surface area contributed by atoms with Crippen molar-refractivity contribution in [2.24, 2.45) is 5.92 Å². The van der Waals surface area contributed by atoms with E-state index in [1.54, 1.807) is 34.9 Å². The van der Waals surface area contributed by atoms with Crippen LogP contribution in [0.25, 0.3) is 5.65 Å². The Balaban J connectivity index is 1.97. The lowest BCUT2D eigenvalue weighted by Crippen LogP contribution is -2.42. The number of anilines is 2. The molecule has 0 bridgehead atoms. The molecule has 3 rings (SSSR count). The van der Waals surface area contributed by atoms with Crippen LogP contribution in [0.3, 0.4) is 0 Å². The van der Waals surface area contributed by atoms with E-state index in [0.717, 1.165) is 0 Å². The molecule has 0 aromatic carbocycles. The van der Waals surface area contributed by atoms with E-state index in [0.29, 0.717) is 30.2 Å². The molecule has 2 aromatic rings. The molecule has 1 atom stereocenters. The maximum atomic E-state index is 12.9. The molecule has 1 fully saturated rings. The van der Waals surface area contributed by atoms with Crippen LogP contribution in [0, 0.1) is 5.92 Å². The third-order valence-corrected chi connectivity index (χ3v) is 3.80. The van der Waals surface area contributed by atoms with Crippen LogP contribution in [0.2, 0.25) is 0 Å². The maximum Gasteiger partial charge on any atom is 0.393 e. The second-order valence-corrected chi connectivity index (χ2v) is 5.18. The normalized spacial score (nSPS) is 20.0. The van der Waals surface area contributed by atoms with Crippen LogP contribution in [0.15, 0.2) is 18.6 Å². The van der Waals surface area contributed by atoms with Crippen LogP contribution >= 0.6 is 0 Å². The second-order valence-electron chi connectivity index (χ2n) is 5.18. The molecule has 1 unspecified atom stereocenters. The smallest absolute Gasteiger partial charge is 0.372 e. The predicted octanol–water partition coefficient (Wildman–Crippen LogP) is 2.55. The van der Waals surface area contributed by atoms with E-state index < -0.39 is 12.1 Å². The first-order chi connectivity index (χ1) is 9.99. The van der Waals surface area contributed by atoms with Gasteiger partial charge in [0.1, 0.15) is 5.82 Å². The van der Waals surface area contributed by atoms with Gasteiger partial charge in [0.15, 0.2) is 11.5 Å². The average molecular weight is 299 g/mol. The fraction of sp³-hybridized carbons (Fsp3) is 0.538. The number of aromatic nitrogens is 3. The average Bonchev–Trinajstić information content (AvgIpc) is 2.93. The Morgan fingerprint density at radius 1 is 1.38 bits per heavy atom. The number of rotatable bonds is 2. The highest BCUT2D eigenvalue weighted by Crippen LogP contribution is 2.35. The molecule has 0 aliphatic carbocycles. The highest BCUT2D eigenvalue weighted by atomic mass is 19.4. The van der Waals surface area contributed by atoms with Crippen LogP contribution < -0.4 is 10.2 Å². The Morgan fingerprint density at radius 2 is 2.19 bits per heavy atom. The summed E-state index contributed by atoms with van der Waals surface area (Å²) < 4.78 is 40.6. The van der Waals surface area contributed by atoms with Gasteiger partial charge in [0.25, 0.3) is 0 Å². The Bertz CT molecular complexity index is 636. The summed E-state index contributed by atoms with van der Waals surface area (Å²) in [7, 11) is 1.73. The molecule has 2 aromatic heterocycles. The van der Waals surface area contributed by atoms with Crippen LogP contribution in [-0.2, 0) is 0 Å². The second kappa shape index (κ2) is 5.09. The highest BCUT2D eigenvalue weighted by molar-refractivity contribution is 5.67. The van der Waals surface area contributed by atoms with Crippen molar-refractivity contribution in [3.63, 3.8) is 0 Å². The van der Waals surface area contributed by atoms with Crippen molar-refractivity contribution in [1.29, 1.82) is 0 Å². The lowest BCUT2D eigenvalue weighted by Gasteiger charge is -2.34. The Morgan fingerprint density at radius 3 is 2.90 bits per heavy atom. The van der Waals surface area contributed by atoms with E-state index >= 15 is 0 Å². The molecule has 0 spiro atoms. The molecular formula is C13H16F3N5. The molecule has 1 saturated heterocycles. The van der Waals surface area contributed by atoms with Crippen molar-refractivity contribution >= 4 is 17.3 Å². The van der Waals surface area contributed by atoms with E-state index in [1.165, 1.54) is 0 Å². The first-order valence-electron chi connectivity index (χ1n) is 6.82. The fourth-order valence-corrected chi connectivity index (χ4v) is 2.68. The van der Waals surface area contributed by atoms with Gasteiger partial charge in [-0.05, 0) is 12.8 Å². The van der Waals surface area contributed by atoms with Gasteiger partial charge >= 0.3 is 6.18 Å². The van der Waals surface area contributed by atoms with E-state index in [9.17, 15) is 13.2 Å². The molecule has 114 valence electrons. The van der Waals surface area contributed by atoms with Gasteiger partial charge in [-0.15, -0.1) is 0 Å². The minimum Gasteiger partial charge on any atom is -0.372 e. The quantitative estimate of drug-likeness (QED) is 0.925. The van der Waals surface area contributed by atoms with Crippen LogP contribution in [0.1, 0.15) is 12.8 Å². The minimum absolute atomic E-state index is 0.0633. The largest absolute Gasteiger partial charge is 0.393 e. The topological polar surface area (TPSA) is 45.5 Å². The molecule has 0 saturated carbocycles. The summed E-state index contributed by atoms with van der Waals surface area (Å²) >= 11 is 0. The molecule has 1 aliphatic heterocycles. The lowest BCUT2D eigenvalue weighted by molar-refractivity contribution is -0.176. The summed E-state index contributed by atoms with van der Waals surface area (Å²) in [5.74, 6) is -0.202. The number of hydrogen-bond donors (Lipinski definition) is 1. The summed E-state index contributed by atoms with van der Waals surface area (Å²) in [6, 6.07) is 0. The van der Waals surface area contributed by atoms with Crippen molar-refractivity contribution < 1.29 is 13.2 Å². The van der Waals surface area contributed by atoms with Crippen LogP contribution in [-0.4, -0.2) is 40.7 Å². The lowest BCUT2D eigenvalue weighted by atomic mass is 9.97. The first-order valence-corrected chi connectivity index (χ1v) is 6.82. The molecule has 5 nitrogen and oxygen atoms in total. The van der Waals surface area contributed by atoms with E-state index in [2.05, 4.69) is 15.3 Å². The third-order valence-electron chi connectivity index (χ3n) is 3.80. The maximum absolute atomic E-state index is 12.9. The predicted molar refractivity (Wildman–Crippen MR) is 73.5 cm³/mol. The molecule has 1 N–H and O–H groups in total. The SMILES string of the molecule is CNc1cn2ccnc2c(N2CCCC(C(F)(F)F)C2)n1. The van der Waals surface area contributed by atoms with Crippen LogP contribution in [0.4, 0.5) is 24.8 Å². The molecular weight excluding hydrogens is 283 g/mol.